The second kappa shape index (κ2) is 15.5. The molecule has 1 unspecified atom stereocenters. The number of benzene rings is 1. The number of alkyl carbamates (subject to hydrolysis) is 1. The number of nitrogens with zero attached hydrogens (tertiary/aromatic N) is 2. The van der Waals surface area contributed by atoms with Gasteiger partial charge in [0.25, 0.3) is 5.91 Å². The normalized spacial score (nSPS) is 23.3. The zero-order valence-corrected chi connectivity index (χ0v) is 30.1. The van der Waals surface area contributed by atoms with E-state index in [1.807, 2.05) is 35.1 Å². The molecule has 15 heteroatoms. The Labute approximate surface area is 293 Å². The molecule has 1 aliphatic heterocycles. The Balaban J connectivity index is 1.34. The van der Waals surface area contributed by atoms with Crippen molar-refractivity contribution >= 4 is 44.9 Å². The van der Waals surface area contributed by atoms with Crippen LogP contribution in [0.2, 0.25) is 0 Å². The van der Waals surface area contributed by atoms with E-state index in [-0.39, 0.29) is 25.3 Å². The van der Waals surface area contributed by atoms with Gasteiger partial charge in [0.1, 0.15) is 29.8 Å². The SMILES string of the molecule is CCCCCCC[C@@H]1C[C@]1(NC(=O)[C@@H]1CC(Oc2nccc3ccccc23)CN1C(=O)CNC(=O)OC(C)(C)C)C(=O)NS(=O)(=O)OC1CC1. The Bertz CT molecular complexity index is 1670. The number of carbonyl (C=O) groups excluding carboxylic acids is 4. The van der Waals surface area contributed by atoms with Crippen molar-refractivity contribution in [1.82, 2.24) is 25.2 Å². The van der Waals surface area contributed by atoms with Gasteiger partial charge in [-0.2, -0.15) is 8.42 Å². The molecule has 1 aromatic carbocycles. The van der Waals surface area contributed by atoms with Crippen LogP contribution >= 0.6 is 0 Å². The quantitative estimate of drug-likeness (QED) is 0.216. The number of aromatic nitrogens is 1. The molecule has 50 heavy (non-hydrogen) atoms. The molecule has 2 heterocycles. The molecular weight excluding hydrogens is 666 g/mol. The number of hydrogen-bond donors (Lipinski definition) is 3. The van der Waals surface area contributed by atoms with Crippen LogP contribution in [0.5, 0.6) is 5.88 Å². The second-order valence-corrected chi connectivity index (χ2v) is 15.8. The van der Waals surface area contributed by atoms with Crippen molar-refractivity contribution in [3.63, 3.8) is 0 Å². The van der Waals surface area contributed by atoms with Gasteiger partial charge in [-0.15, -0.1) is 0 Å². The zero-order valence-electron chi connectivity index (χ0n) is 29.2. The van der Waals surface area contributed by atoms with Crippen LogP contribution in [0.1, 0.15) is 91.9 Å². The maximum Gasteiger partial charge on any atom is 0.408 e. The number of fused-ring (bicyclic) bond motifs is 1. The van der Waals surface area contributed by atoms with Crippen LogP contribution in [-0.2, 0) is 33.6 Å². The Morgan fingerprint density at radius 2 is 1.76 bits per heavy atom. The molecule has 0 radical (unpaired) electrons. The first-order valence-corrected chi connectivity index (χ1v) is 18.9. The highest BCUT2D eigenvalue weighted by atomic mass is 32.2. The summed E-state index contributed by atoms with van der Waals surface area (Å²) in [5, 5.41) is 6.97. The topological polar surface area (TPSA) is 182 Å². The summed E-state index contributed by atoms with van der Waals surface area (Å²) in [4.78, 5) is 59.4. The monoisotopic (exact) mass is 715 g/mol. The van der Waals surface area contributed by atoms with E-state index in [1.54, 1.807) is 27.0 Å². The van der Waals surface area contributed by atoms with Gasteiger partial charge in [0.05, 0.1) is 12.6 Å². The highest BCUT2D eigenvalue weighted by molar-refractivity contribution is 7.85. The van der Waals surface area contributed by atoms with Gasteiger partial charge in [-0.25, -0.2) is 14.5 Å². The molecule has 0 spiro atoms. The average Bonchev–Trinajstić information content (AvgIpc) is 3.95. The maximum absolute atomic E-state index is 14.1. The third kappa shape index (κ3) is 9.83. The molecule has 0 bridgehead atoms. The Morgan fingerprint density at radius 1 is 1.02 bits per heavy atom. The van der Waals surface area contributed by atoms with Crippen molar-refractivity contribution in [2.75, 3.05) is 13.1 Å². The van der Waals surface area contributed by atoms with Gasteiger partial charge in [0.2, 0.25) is 17.7 Å². The lowest BCUT2D eigenvalue weighted by atomic mass is 10.0. The van der Waals surface area contributed by atoms with Gasteiger partial charge in [0.15, 0.2) is 0 Å². The number of carbonyl (C=O) groups is 4. The largest absolute Gasteiger partial charge is 0.472 e. The van der Waals surface area contributed by atoms with E-state index in [4.69, 9.17) is 13.7 Å². The summed E-state index contributed by atoms with van der Waals surface area (Å²) in [5.41, 5.74) is -2.27. The second-order valence-electron chi connectivity index (χ2n) is 14.5. The highest BCUT2D eigenvalue weighted by Gasteiger charge is 2.62. The van der Waals surface area contributed by atoms with Crippen molar-refractivity contribution in [2.24, 2.45) is 5.92 Å². The maximum atomic E-state index is 14.1. The summed E-state index contributed by atoms with van der Waals surface area (Å²) < 4.78 is 43.9. The summed E-state index contributed by atoms with van der Waals surface area (Å²) in [6, 6.07) is 8.30. The fraction of sp³-hybridized carbons (Fsp3) is 0.629. The summed E-state index contributed by atoms with van der Waals surface area (Å²) in [7, 11) is -4.38. The van der Waals surface area contributed by atoms with E-state index < -0.39 is 70.1 Å². The van der Waals surface area contributed by atoms with Crippen LogP contribution in [0.3, 0.4) is 0 Å². The van der Waals surface area contributed by atoms with Gasteiger partial charge in [-0.05, 0) is 69.9 Å². The minimum atomic E-state index is -4.38. The van der Waals surface area contributed by atoms with Gasteiger partial charge in [0, 0.05) is 18.0 Å². The first-order chi connectivity index (χ1) is 23.7. The van der Waals surface area contributed by atoms with Crippen LogP contribution in [0.15, 0.2) is 36.5 Å². The minimum Gasteiger partial charge on any atom is -0.472 e. The molecule has 5 rings (SSSR count). The number of likely N-dealkylation sites (tertiary alicyclic amines) is 1. The lowest BCUT2D eigenvalue weighted by Crippen LogP contribution is -2.57. The lowest BCUT2D eigenvalue weighted by Gasteiger charge is -2.27. The summed E-state index contributed by atoms with van der Waals surface area (Å²) in [6.07, 6.45) is 6.81. The molecule has 2 aliphatic carbocycles. The minimum absolute atomic E-state index is 0.00147. The standard InChI is InChI=1S/C35H49N5O9S/c1-5-6-7-8-9-13-24-20-35(24,32(43)39-50(45,46)49-25-15-16-25)38-30(42)28-19-26(47-31-27-14-11-10-12-23(27)17-18-36-31)22-40(28)29(41)21-37-33(44)48-34(2,3)4/h10-12,14,17-18,24-26,28H,5-9,13,15-16,19-22H2,1-4H3,(H,37,44)(H,38,42)(H,39,43)/t24-,26?,28+,35-/m1/s1. The Kier molecular flexibility index (Phi) is 11.6. The third-order valence-electron chi connectivity index (χ3n) is 9.10. The van der Waals surface area contributed by atoms with E-state index >= 15 is 0 Å². The fourth-order valence-electron chi connectivity index (χ4n) is 6.35. The number of hydrogen-bond acceptors (Lipinski definition) is 10. The average molecular weight is 716 g/mol. The van der Waals surface area contributed by atoms with Crippen LogP contribution < -0.4 is 20.1 Å². The van der Waals surface area contributed by atoms with Gasteiger partial charge >= 0.3 is 16.4 Å². The van der Waals surface area contributed by atoms with Crippen molar-refractivity contribution in [1.29, 1.82) is 0 Å². The molecule has 1 aromatic heterocycles. The van der Waals surface area contributed by atoms with Crippen molar-refractivity contribution in [2.45, 2.75) is 121 Å². The van der Waals surface area contributed by atoms with E-state index in [0.29, 0.717) is 25.1 Å². The first kappa shape index (κ1) is 37.3. The molecule has 2 saturated carbocycles. The zero-order chi connectivity index (χ0) is 36.1. The van der Waals surface area contributed by atoms with E-state index in [9.17, 15) is 27.6 Å². The Hall–Kier alpha value is -3.98. The highest BCUT2D eigenvalue weighted by Crippen LogP contribution is 2.48. The number of pyridine rings is 1. The van der Waals surface area contributed by atoms with E-state index in [0.717, 1.165) is 42.9 Å². The van der Waals surface area contributed by atoms with Crippen LogP contribution in [0, 0.1) is 5.92 Å². The van der Waals surface area contributed by atoms with Crippen LogP contribution in [-0.4, -0.2) is 84.6 Å². The molecule has 274 valence electrons. The summed E-state index contributed by atoms with van der Waals surface area (Å²) in [6.45, 7) is 6.77. The molecule has 4 amide bonds. The molecule has 3 fully saturated rings. The van der Waals surface area contributed by atoms with Gasteiger partial charge < -0.3 is 25.0 Å². The molecule has 1 saturated heterocycles. The molecule has 14 nitrogen and oxygen atoms in total. The number of rotatable bonds is 16. The van der Waals surface area contributed by atoms with Crippen molar-refractivity contribution in [3.05, 3.63) is 36.5 Å². The number of unbranched alkanes of at least 4 members (excludes halogenated alkanes) is 4. The van der Waals surface area contributed by atoms with Crippen molar-refractivity contribution < 1.29 is 41.3 Å². The van der Waals surface area contributed by atoms with Gasteiger partial charge in [-0.1, -0.05) is 57.2 Å². The fourth-order valence-corrected chi connectivity index (χ4v) is 7.36. The Morgan fingerprint density at radius 3 is 2.48 bits per heavy atom. The smallest absolute Gasteiger partial charge is 0.408 e. The van der Waals surface area contributed by atoms with Crippen LogP contribution in [0.4, 0.5) is 4.79 Å². The lowest BCUT2D eigenvalue weighted by molar-refractivity contribution is -0.139. The predicted molar refractivity (Wildman–Crippen MR) is 184 cm³/mol. The molecule has 2 aromatic rings. The molecule has 3 N–H and O–H groups in total. The van der Waals surface area contributed by atoms with Crippen LogP contribution in [0.25, 0.3) is 10.8 Å². The predicted octanol–water partition coefficient (Wildman–Crippen LogP) is 3.88. The molecular formula is C35H49N5O9S. The molecule has 3 aliphatic rings. The number of amides is 4. The first-order valence-electron chi connectivity index (χ1n) is 17.5. The summed E-state index contributed by atoms with van der Waals surface area (Å²) >= 11 is 0. The van der Waals surface area contributed by atoms with Gasteiger partial charge in [-0.3, -0.25) is 18.6 Å². The third-order valence-corrected chi connectivity index (χ3v) is 10.1. The number of ether oxygens (including phenoxy) is 2. The van der Waals surface area contributed by atoms with E-state index in [2.05, 4.69) is 22.5 Å². The van der Waals surface area contributed by atoms with E-state index in [1.165, 1.54) is 4.90 Å². The van der Waals surface area contributed by atoms with Crippen molar-refractivity contribution in [3.8, 4) is 5.88 Å². The summed E-state index contributed by atoms with van der Waals surface area (Å²) in [5.74, 6) is -2.00. The number of nitrogens with one attached hydrogen (secondary N) is 3. The molecule has 4 atom stereocenters.